The highest BCUT2D eigenvalue weighted by Crippen LogP contribution is 2.41. The number of benzene rings is 1. The van der Waals surface area contributed by atoms with Crippen molar-refractivity contribution in [3.63, 3.8) is 0 Å². The lowest BCUT2D eigenvalue weighted by Crippen LogP contribution is -2.17. The Morgan fingerprint density at radius 2 is 1.95 bits per heavy atom. The van der Waals surface area contributed by atoms with E-state index < -0.39 is 31.3 Å². The Kier molecular flexibility index (Phi) is 3.54. The van der Waals surface area contributed by atoms with Gasteiger partial charge in [-0.05, 0) is 29.5 Å². The Hall–Kier alpha value is -1.38. The van der Waals surface area contributed by atoms with Gasteiger partial charge in [-0.2, -0.15) is 0 Å². The van der Waals surface area contributed by atoms with Crippen LogP contribution in [-0.4, -0.2) is 19.3 Å². The molecule has 0 heterocycles. The zero-order valence-corrected chi connectivity index (χ0v) is 12.4. The average Bonchev–Trinajstić information content (AvgIpc) is 2.57. The fraction of sp³-hybridized carbons (Fsp3) is 0.647. The second-order valence-corrected chi connectivity index (χ2v) is 4.77. The van der Waals surface area contributed by atoms with E-state index in [9.17, 15) is 5.11 Å². The number of aromatic hydroxyl groups is 1. The summed E-state index contributed by atoms with van der Waals surface area (Å²) in [5.74, 6) is -0.659. The third-order valence-corrected chi connectivity index (χ3v) is 3.15. The minimum absolute atomic E-state index is 0.0227. The monoisotopic (exact) mass is 286 g/mol. The highest BCUT2D eigenvalue weighted by atomic mass is 16.5. The Balaban J connectivity index is 3.67. The van der Waals surface area contributed by atoms with Crippen LogP contribution in [0.3, 0.4) is 0 Å². The molecule has 0 aliphatic rings. The summed E-state index contributed by atoms with van der Waals surface area (Å²) in [5, 5.41) is 10.1. The highest BCUT2D eigenvalue weighted by Gasteiger charge is 2.23. The van der Waals surface area contributed by atoms with E-state index in [0.29, 0.717) is 12.8 Å². The summed E-state index contributed by atoms with van der Waals surface area (Å²) in [6.45, 7) is -1.44. The first kappa shape index (κ1) is 9.54. The van der Waals surface area contributed by atoms with E-state index in [1.54, 1.807) is 0 Å². The molecule has 0 spiro atoms. The Morgan fingerprint density at radius 1 is 1.25 bits per heavy atom. The molecule has 20 heavy (non-hydrogen) atoms. The first-order chi connectivity index (χ1) is 12.2. The van der Waals surface area contributed by atoms with E-state index in [-0.39, 0.29) is 23.1 Å². The zero-order chi connectivity index (χ0) is 20.1. The van der Waals surface area contributed by atoms with Crippen molar-refractivity contribution < 1.29 is 22.8 Å². The molecule has 0 saturated carbocycles. The van der Waals surface area contributed by atoms with Crippen molar-refractivity contribution in [1.29, 1.82) is 0 Å². The predicted octanol–water partition coefficient (Wildman–Crippen LogP) is 4.66. The van der Waals surface area contributed by atoms with Gasteiger partial charge in [0.25, 0.3) is 0 Å². The van der Waals surface area contributed by atoms with Gasteiger partial charge in [-0.25, -0.2) is 0 Å². The SMILES string of the molecule is [2H]c1c(C(C([2H])[2H])(C([2H])[2H])C([2H])CCCCC)cc(OC)c(O)c1OC. The maximum Gasteiger partial charge on any atom is 0.200 e. The van der Waals surface area contributed by atoms with Crippen LogP contribution in [0.1, 0.15) is 66.5 Å². The maximum atomic E-state index is 10.1. The van der Waals surface area contributed by atoms with Crippen LogP contribution in [0.5, 0.6) is 17.2 Å². The standard InChI is InChI=1S/C17H28O3/c1-6-7-8-9-10-17(2,3)13-11-14(19-4)16(18)15(12-13)20-5/h11-12,18H,6-10H2,1-5H3/i2D2,3D2,10D,11D. The van der Waals surface area contributed by atoms with Crippen LogP contribution < -0.4 is 9.47 Å². The van der Waals surface area contributed by atoms with Gasteiger partial charge in [-0.1, -0.05) is 46.4 Å². The average molecular weight is 286 g/mol. The van der Waals surface area contributed by atoms with Gasteiger partial charge in [0.05, 0.1) is 15.6 Å². The molecule has 0 radical (unpaired) electrons. The lowest BCUT2D eigenvalue weighted by atomic mass is 9.79. The summed E-state index contributed by atoms with van der Waals surface area (Å²) in [5.41, 5.74) is -1.88. The second-order valence-electron chi connectivity index (χ2n) is 4.77. The molecule has 3 heteroatoms. The number of hydrogen-bond acceptors (Lipinski definition) is 3. The molecule has 1 unspecified atom stereocenters. The van der Waals surface area contributed by atoms with Gasteiger partial charge in [0, 0.05) is 6.85 Å². The van der Waals surface area contributed by atoms with Crippen LogP contribution in [-0.2, 0) is 5.41 Å². The van der Waals surface area contributed by atoms with Crippen LogP contribution in [0.25, 0.3) is 0 Å². The Morgan fingerprint density at radius 3 is 2.50 bits per heavy atom. The van der Waals surface area contributed by atoms with Crippen LogP contribution in [0.2, 0.25) is 0 Å². The van der Waals surface area contributed by atoms with E-state index in [2.05, 4.69) is 0 Å². The summed E-state index contributed by atoms with van der Waals surface area (Å²) in [7, 11) is 2.57. The Labute approximate surface area is 131 Å². The van der Waals surface area contributed by atoms with Gasteiger partial charge in [0.15, 0.2) is 11.5 Å². The fourth-order valence-electron chi connectivity index (χ4n) is 1.91. The summed E-state index contributed by atoms with van der Waals surface area (Å²) in [6, 6.07) is 0.931. The molecule has 1 aromatic carbocycles. The van der Waals surface area contributed by atoms with Crippen molar-refractivity contribution in [2.24, 2.45) is 0 Å². The van der Waals surface area contributed by atoms with Crippen LogP contribution in [0.4, 0.5) is 0 Å². The van der Waals surface area contributed by atoms with Crippen molar-refractivity contribution in [3.05, 3.63) is 17.7 Å². The summed E-state index contributed by atoms with van der Waals surface area (Å²) >= 11 is 0. The lowest BCUT2D eigenvalue weighted by Gasteiger charge is -2.26. The van der Waals surface area contributed by atoms with Crippen molar-refractivity contribution >= 4 is 0 Å². The van der Waals surface area contributed by atoms with Crippen molar-refractivity contribution in [2.45, 2.75) is 58.2 Å². The van der Waals surface area contributed by atoms with E-state index >= 15 is 0 Å². The number of hydrogen-bond donors (Lipinski definition) is 1. The number of unbranched alkanes of at least 4 members (excludes halogenated alkanes) is 2. The largest absolute Gasteiger partial charge is 0.502 e. The number of rotatable bonds is 8. The van der Waals surface area contributed by atoms with Crippen molar-refractivity contribution in [2.75, 3.05) is 14.2 Å². The minimum atomic E-state index is -1.86. The van der Waals surface area contributed by atoms with Crippen LogP contribution in [0, 0.1) is 0 Å². The van der Waals surface area contributed by atoms with Gasteiger partial charge in [-0.3, -0.25) is 0 Å². The fourth-order valence-corrected chi connectivity index (χ4v) is 1.91. The number of phenols is 1. The molecule has 1 rings (SSSR count). The highest BCUT2D eigenvalue weighted by molar-refractivity contribution is 5.54. The van der Waals surface area contributed by atoms with Crippen molar-refractivity contribution in [3.8, 4) is 17.2 Å². The van der Waals surface area contributed by atoms with Crippen LogP contribution in [0.15, 0.2) is 12.1 Å². The van der Waals surface area contributed by atoms with E-state index in [4.69, 9.17) is 17.7 Å². The molecular formula is C17H28O3. The quantitative estimate of drug-likeness (QED) is 0.706. The normalized spacial score (nSPS) is 17.6. The molecule has 0 fully saturated rings. The molecule has 0 amide bonds. The number of ether oxygens (including phenoxy) is 2. The van der Waals surface area contributed by atoms with Crippen LogP contribution >= 0.6 is 0 Å². The third-order valence-electron chi connectivity index (χ3n) is 3.15. The van der Waals surface area contributed by atoms with E-state index in [1.807, 2.05) is 6.92 Å². The molecule has 1 N–H and O–H groups in total. The predicted molar refractivity (Wildman–Crippen MR) is 83.0 cm³/mol. The molecule has 3 nitrogen and oxygen atoms in total. The van der Waals surface area contributed by atoms with E-state index in [0.717, 1.165) is 12.8 Å². The first-order valence-electron chi connectivity index (χ1n) is 10.1. The molecular weight excluding hydrogens is 252 g/mol. The van der Waals surface area contributed by atoms with Gasteiger partial charge in [-0.15, -0.1) is 0 Å². The molecule has 0 aliphatic carbocycles. The first-order valence-corrected chi connectivity index (χ1v) is 6.76. The molecule has 0 aliphatic heterocycles. The van der Waals surface area contributed by atoms with Crippen molar-refractivity contribution in [1.82, 2.24) is 0 Å². The molecule has 0 saturated heterocycles. The zero-order valence-electron chi connectivity index (χ0n) is 18.4. The molecule has 0 bridgehead atoms. The summed E-state index contributed by atoms with van der Waals surface area (Å²) in [6.07, 6.45) is 1.67. The number of phenolic OH excluding ortho intramolecular Hbond substituents is 1. The summed E-state index contributed by atoms with van der Waals surface area (Å²) < 4.78 is 59.3. The number of methoxy groups -OCH3 is 2. The molecule has 0 aromatic heterocycles. The maximum absolute atomic E-state index is 10.1. The van der Waals surface area contributed by atoms with Gasteiger partial charge in [0.1, 0.15) is 0 Å². The minimum Gasteiger partial charge on any atom is -0.502 e. The van der Waals surface area contributed by atoms with Gasteiger partial charge < -0.3 is 14.6 Å². The smallest absolute Gasteiger partial charge is 0.200 e. The lowest BCUT2D eigenvalue weighted by molar-refractivity contribution is 0.336. The molecule has 1 atom stereocenters. The summed E-state index contributed by atoms with van der Waals surface area (Å²) in [4.78, 5) is 0. The molecule has 1 aromatic rings. The topological polar surface area (TPSA) is 38.7 Å². The Bertz CT molecular complexity index is 586. The third kappa shape index (κ3) is 4.06. The van der Waals surface area contributed by atoms with E-state index in [1.165, 1.54) is 20.3 Å². The molecule has 114 valence electrons. The van der Waals surface area contributed by atoms with Gasteiger partial charge >= 0.3 is 0 Å². The van der Waals surface area contributed by atoms with Gasteiger partial charge in [0.2, 0.25) is 5.75 Å². The second kappa shape index (κ2) is 7.41.